The molecule has 0 amide bonds. The molecule has 7 heteroatoms. The van der Waals surface area contributed by atoms with Crippen molar-refractivity contribution in [3.8, 4) is 5.75 Å². The van der Waals surface area contributed by atoms with Gasteiger partial charge in [-0.2, -0.15) is 0 Å². The summed E-state index contributed by atoms with van der Waals surface area (Å²) in [5.74, 6) is 0.317. The second-order valence-electron chi connectivity index (χ2n) is 6.42. The molecular weight excluding hydrogens is 581 g/mol. The van der Waals surface area contributed by atoms with Gasteiger partial charge in [-0.25, -0.2) is 9.79 Å². The molecule has 0 N–H and O–H groups in total. The Bertz CT molecular complexity index is 1190. The zero-order valence-electron chi connectivity index (χ0n) is 15.4. The number of esters is 1. The fraction of sp³-hybridized carbons (Fsp3) is 0.0435. The van der Waals surface area contributed by atoms with Crippen molar-refractivity contribution in [3.63, 3.8) is 0 Å². The maximum Gasteiger partial charge on any atom is 0.363 e. The lowest BCUT2D eigenvalue weighted by molar-refractivity contribution is -0.129. The second-order valence-corrected chi connectivity index (χ2v) is 8.99. The average molecular weight is 595 g/mol. The smallest absolute Gasteiger partial charge is 0.363 e. The van der Waals surface area contributed by atoms with Gasteiger partial charge in [0, 0.05) is 13.6 Å². The summed E-state index contributed by atoms with van der Waals surface area (Å²) in [6, 6.07) is 20.8. The van der Waals surface area contributed by atoms with Gasteiger partial charge in [-0.3, -0.25) is 0 Å². The molecule has 0 aliphatic carbocycles. The summed E-state index contributed by atoms with van der Waals surface area (Å²) < 4.78 is 13.3. The zero-order valence-corrected chi connectivity index (χ0v) is 19.9. The summed E-state index contributed by atoms with van der Waals surface area (Å²) in [7, 11) is 0. The molecule has 0 unspecified atom stereocenters. The number of para-hydroxylation sites is 1. The highest BCUT2D eigenvalue weighted by atomic mass is 127. The van der Waals surface area contributed by atoms with Gasteiger partial charge in [-0.1, -0.05) is 57.9 Å². The maximum absolute atomic E-state index is 12.4. The standard InChI is InChI=1S/C23H14BrClINO3/c24-16-6-3-4-14(10-16)13-29-21-7-2-1-5-15(21)11-20-23(28)30-22(27-20)18-12-17(26)8-9-19(18)25/h1-12H,13H2/b20-11-. The van der Waals surface area contributed by atoms with E-state index < -0.39 is 5.97 Å². The van der Waals surface area contributed by atoms with Gasteiger partial charge in [0.1, 0.15) is 12.4 Å². The highest BCUT2D eigenvalue weighted by molar-refractivity contribution is 14.1. The minimum atomic E-state index is -0.526. The van der Waals surface area contributed by atoms with Crippen molar-refractivity contribution in [2.75, 3.05) is 0 Å². The largest absolute Gasteiger partial charge is 0.488 e. The topological polar surface area (TPSA) is 47.9 Å². The van der Waals surface area contributed by atoms with Crippen molar-refractivity contribution >= 4 is 68.1 Å². The molecule has 1 heterocycles. The van der Waals surface area contributed by atoms with Crippen molar-refractivity contribution in [3.05, 3.63) is 102 Å². The molecule has 1 aliphatic heterocycles. The first-order chi connectivity index (χ1) is 14.5. The van der Waals surface area contributed by atoms with Gasteiger partial charge in [-0.15, -0.1) is 0 Å². The van der Waals surface area contributed by atoms with Gasteiger partial charge >= 0.3 is 5.97 Å². The van der Waals surface area contributed by atoms with Crippen LogP contribution in [-0.2, 0) is 16.1 Å². The molecule has 3 aromatic carbocycles. The van der Waals surface area contributed by atoms with Crippen LogP contribution >= 0.6 is 50.1 Å². The molecular formula is C23H14BrClINO3. The van der Waals surface area contributed by atoms with Crippen LogP contribution in [0.5, 0.6) is 5.75 Å². The minimum Gasteiger partial charge on any atom is -0.488 e. The van der Waals surface area contributed by atoms with Gasteiger partial charge in [-0.05, 0) is 70.6 Å². The molecule has 0 atom stereocenters. The summed E-state index contributed by atoms with van der Waals surface area (Å²) in [5, 5.41) is 0.473. The quantitative estimate of drug-likeness (QED) is 0.189. The van der Waals surface area contributed by atoms with E-state index in [-0.39, 0.29) is 11.6 Å². The van der Waals surface area contributed by atoms with E-state index in [1.165, 1.54) is 0 Å². The molecule has 0 spiro atoms. The number of halogens is 3. The van der Waals surface area contributed by atoms with Crippen molar-refractivity contribution in [2.24, 2.45) is 4.99 Å². The lowest BCUT2D eigenvalue weighted by atomic mass is 10.1. The first-order valence-corrected chi connectivity index (χ1v) is 11.2. The third-order valence-corrected chi connectivity index (χ3v) is 5.77. The van der Waals surface area contributed by atoms with Crippen LogP contribution in [0, 0.1) is 3.57 Å². The fourth-order valence-electron chi connectivity index (χ4n) is 2.85. The SMILES string of the molecule is O=C1OC(c2cc(I)ccc2Cl)=N/C1=C\c1ccccc1OCc1cccc(Br)c1. The summed E-state index contributed by atoms with van der Waals surface area (Å²) in [6.07, 6.45) is 1.66. The molecule has 0 aromatic heterocycles. The molecule has 30 heavy (non-hydrogen) atoms. The lowest BCUT2D eigenvalue weighted by Crippen LogP contribution is -2.06. The van der Waals surface area contributed by atoms with Crippen LogP contribution in [-0.4, -0.2) is 11.9 Å². The number of ether oxygens (including phenoxy) is 2. The number of rotatable bonds is 5. The van der Waals surface area contributed by atoms with E-state index in [1.807, 2.05) is 60.7 Å². The Kier molecular flexibility index (Phi) is 6.55. The summed E-state index contributed by atoms with van der Waals surface area (Å²) >= 11 is 11.9. The number of carbonyl (C=O) groups is 1. The predicted octanol–water partition coefficient (Wildman–Crippen LogP) is 6.63. The molecule has 0 radical (unpaired) electrons. The van der Waals surface area contributed by atoms with Crippen molar-refractivity contribution in [1.82, 2.24) is 0 Å². The Balaban J connectivity index is 1.61. The van der Waals surface area contributed by atoms with Crippen molar-refractivity contribution in [1.29, 1.82) is 0 Å². The van der Waals surface area contributed by atoms with E-state index in [2.05, 4.69) is 43.5 Å². The van der Waals surface area contributed by atoms with E-state index in [4.69, 9.17) is 21.1 Å². The maximum atomic E-state index is 12.4. The van der Waals surface area contributed by atoms with Gasteiger partial charge in [0.05, 0.1) is 10.6 Å². The fourth-order valence-corrected chi connectivity index (χ4v) is 3.99. The van der Waals surface area contributed by atoms with Gasteiger partial charge in [0.15, 0.2) is 5.70 Å². The van der Waals surface area contributed by atoms with E-state index in [0.717, 1.165) is 19.2 Å². The van der Waals surface area contributed by atoms with Gasteiger partial charge < -0.3 is 9.47 Å². The minimum absolute atomic E-state index is 0.193. The Morgan fingerprint density at radius 3 is 2.77 bits per heavy atom. The van der Waals surface area contributed by atoms with E-state index >= 15 is 0 Å². The Morgan fingerprint density at radius 1 is 1.10 bits per heavy atom. The molecule has 0 saturated carbocycles. The van der Waals surface area contributed by atoms with Crippen LogP contribution in [0.25, 0.3) is 6.08 Å². The van der Waals surface area contributed by atoms with Crippen LogP contribution in [0.2, 0.25) is 5.02 Å². The Morgan fingerprint density at radius 2 is 1.93 bits per heavy atom. The number of hydrogen-bond acceptors (Lipinski definition) is 4. The lowest BCUT2D eigenvalue weighted by Gasteiger charge is -2.09. The van der Waals surface area contributed by atoms with Gasteiger partial charge in [0.25, 0.3) is 0 Å². The highest BCUT2D eigenvalue weighted by Gasteiger charge is 2.26. The second kappa shape index (κ2) is 9.32. The summed E-state index contributed by atoms with van der Waals surface area (Å²) in [5.41, 5.74) is 2.54. The summed E-state index contributed by atoms with van der Waals surface area (Å²) in [6.45, 7) is 0.399. The summed E-state index contributed by atoms with van der Waals surface area (Å²) in [4.78, 5) is 16.8. The van der Waals surface area contributed by atoms with E-state index in [0.29, 0.717) is 22.9 Å². The molecule has 3 aromatic rings. The van der Waals surface area contributed by atoms with Crippen molar-refractivity contribution < 1.29 is 14.3 Å². The third kappa shape index (κ3) is 4.94. The average Bonchev–Trinajstić information content (AvgIpc) is 3.09. The van der Waals surface area contributed by atoms with E-state index in [1.54, 1.807) is 12.1 Å². The molecule has 1 aliphatic rings. The molecule has 0 saturated heterocycles. The number of carbonyl (C=O) groups excluding carboxylic acids is 1. The number of hydrogen-bond donors (Lipinski definition) is 0. The number of aliphatic imine (C=N–C) groups is 1. The highest BCUT2D eigenvalue weighted by Crippen LogP contribution is 2.28. The number of cyclic esters (lactones) is 1. The van der Waals surface area contributed by atoms with Crippen LogP contribution in [0.4, 0.5) is 0 Å². The number of benzene rings is 3. The van der Waals surface area contributed by atoms with Crippen molar-refractivity contribution in [2.45, 2.75) is 6.61 Å². The van der Waals surface area contributed by atoms with Crippen LogP contribution in [0.1, 0.15) is 16.7 Å². The molecule has 0 fully saturated rings. The predicted molar refractivity (Wildman–Crippen MR) is 130 cm³/mol. The molecule has 4 nitrogen and oxygen atoms in total. The third-order valence-electron chi connectivity index (χ3n) is 4.27. The zero-order chi connectivity index (χ0) is 21.1. The molecule has 150 valence electrons. The van der Waals surface area contributed by atoms with Crippen LogP contribution in [0.15, 0.2) is 81.9 Å². The van der Waals surface area contributed by atoms with Crippen LogP contribution < -0.4 is 4.74 Å². The first kappa shape index (κ1) is 21.1. The number of nitrogens with zero attached hydrogens (tertiary/aromatic N) is 1. The Hall–Kier alpha value is -2.16. The van der Waals surface area contributed by atoms with Crippen LogP contribution in [0.3, 0.4) is 0 Å². The molecule has 4 rings (SSSR count). The van der Waals surface area contributed by atoms with Gasteiger partial charge in [0.2, 0.25) is 5.90 Å². The normalized spacial score (nSPS) is 14.6. The van der Waals surface area contributed by atoms with E-state index in [9.17, 15) is 4.79 Å². The Labute approximate surface area is 200 Å². The monoisotopic (exact) mass is 593 g/mol. The molecule has 0 bridgehead atoms. The first-order valence-electron chi connectivity index (χ1n) is 8.94.